The van der Waals surface area contributed by atoms with Crippen LogP contribution in [-0.2, 0) is 6.54 Å². The van der Waals surface area contributed by atoms with Gasteiger partial charge in [0.1, 0.15) is 0 Å². The van der Waals surface area contributed by atoms with Gasteiger partial charge in [0.2, 0.25) is 0 Å². The topological polar surface area (TPSA) is 15.3 Å². The molecule has 1 aromatic rings. The van der Waals surface area contributed by atoms with Crippen LogP contribution in [0.1, 0.15) is 18.4 Å². The molecule has 1 aromatic carbocycles. The van der Waals surface area contributed by atoms with Crippen molar-refractivity contribution in [3.63, 3.8) is 0 Å². The molecule has 1 N–H and O–H groups in total. The average molecular weight is 320 g/mol. The zero-order valence-electron chi connectivity index (χ0n) is 10.2. The summed E-state index contributed by atoms with van der Waals surface area (Å²) in [4.78, 5) is 2.54. The Hall–Kier alpha value is -0.0900. The van der Waals surface area contributed by atoms with Crippen LogP contribution in [-0.4, -0.2) is 31.1 Å². The van der Waals surface area contributed by atoms with Gasteiger partial charge < -0.3 is 5.32 Å². The number of nitrogens with one attached hydrogen (secondary N) is 1. The lowest BCUT2D eigenvalue weighted by Gasteiger charge is -2.31. The van der Waals surface area contributed by atoms with E-state index in [0.29, 0.717) is 0 Å². The summed E-state index contributed by atoms with van der Waals surface area (Å²) in [5.74, 6) is 0. The third kappa shape index (κ3) is 4.59. The number of piperidine rings is 1. The zero-order chi connectivity index (χ0) is 11.4. The standard InChI is InChI=1S/C13H19BrN2.ClH/c1-15-13-5-7-16(8-6-13)10-11-3-2-4-12(14)9-11;/h2-4,9,13,15H,5-8,10H2,1H3;1H. The van der Waals surface area contributed by atoms with Crippen molar-refractivity contribution in [2.75, 3.05) is 20.1 Å². The van der Waals surface area contributed by atoms with E-state index >= 15 is 0 Å². The maximum atomic E-state index is 3.52. The van der Waals surface area contributed by atoms with Crippen LogP contribution in [0.3, 0.4) is 0 Å². The highest BCUT2D eigenvalue weighted by Gasteiger charge is 2.17. The van der Waals surface area contributed by atoms with Gasteiger partial charge >= 0.3 is 0 Å². The van der Waals surface area contributed by atoms with E-state index in [4.69, 9.17) is 0 Å². The van der Waals surface area contributed by atoms with Crippen molar-refractivity contribution in [3.8, 4) is 0 Å². The second-order valence-corrected chi connectivity index (χ2v) is 5.38. The number of nitrogens with zero attached hydrogens (tertiary/aromatic N) is 1. The zero-order valence-corrected chi connectivity index (χ0v) is 12.6. The molecule has 1 heterocycles. The first-order valence-corrected chi connectivity index (χ1v) is 6.71. The Morgan fingerprint density at radius 2 is 2.06 bits per heavy atom. The van der Waals surface area contributed by atoms with Crippen molar-refractivity contribution in [1.29, 1.82) is 0 Å². The van der Waals surface area contributed by atoms with Gasteiger partial charge in [-0.05, 0) is 50.7 Å². The molecule has 0 bridgehead atoms. The summed E-state index contributed by atoms with van der Waals surface area (Å²) >= 11 is 3.52. The fraction of sp³-hybridized carbons (Fsp3) is 0.538. The third-order valence-corrected chi connectivity index (χ3v) is 3.78. The molecule has 17 heavy (non-hydrogen) atoms. The first kappa shape index (κ1) is 15.0. The molecule has 0 spiro atoms. The summed E-state index contributed by atoms with van der Waals surface area (Å²) in [5.41, 5.74) is 1.40. The predicted octanol–water partition coefficient (Wildman–Crippen LogP) is 3.05. The molecule has 2 nitrogen and oxygen atoms in total. The molecule has 0 saturated carbocycles. The lowest BCUT2D eigenvalue weighted by Crippen LogP contribution is -2.40. The van der Waals surface area contributed by atoms with Crippen molar-refractivity contribution in [1.82, 2.24) is 10.2 Å². The van der Waals surface area contributed by atoms with Gasteiger partial charge in [0, 0.05) is 17.1 Å². The lowest BCUT2D eigenvalue weighted by atomic mass is 10.0. The van der Waals surface area contributed by atoms with Crippen LogP contribution in [0.15, 0.2) is 28.7 Å². The Kier molecular flexibility index (Phi) is 6.49. The molecule has 4 heteroatoms. The van der Waals surface area contributed by atoms with E-state index in [-0.39, 0.29) is 12.4 Å². The van der Waals surface area contributed by atoms with E-state index < -0.39 is 0 Å². The minimum absolute atomic E-state index is 0. The van der Waals surface area contributed by atoms with Crippen LogP contribution < -0.4 is 5.32 Å². The van der Waals surface area contributed by atoms with Crippen molar-refractivity contribution >= 4 is 28.3 Å². The van der Waals surface area contributed by atoms with Crippen LogP contribution >= 0.6 is 28.3 Å². The number of halogens is 2. The molecule has 0 aromatic heterocycles. The summed E-state index contributed by atoms with van der Waals surface area (Å²) in [5, 5.41) is 3.36. The molecule has 96 valence electrons. The van der Waals surface area contributed by atoms with Crippen molar-refractivity contribution in [3.05, 3.63) is 34.3 Å². The van der Waals surface area contributed by atoms with Gasteiger partial charge in [-0.25, -0.2) is 0 Å². The number of hydrogen-bond donors (Lipinski definition) is 1. The summed E-state index contributed by atoms with van der Waals surface area (Å²) in [6.45, 7) is 3.49. The maximum Gasteiger partial charge on any atom is 0.0234 e. The fourth-order valence-electron chi connectivity index (χ4n) is 2.27. The molecular formula is C13H20BrClN2. The third-order valence-electron chi connectivity index (χ3n) is 3.29. The Labute approximate surface area is 118 Å². The second kappa shape index (κ2) is 7.37. The van der Waals surface area contributed by atoms with E-state index in [1.165, 1.54) is 36.0 Å². The highest BCUT2D eigenvalue weighted by Crippen LogP contribution is 2.16. The van der Waals surface area contributed by atoms with E-state index in [1.807, 2.05) is 0 Å². The maximum absolute atomic E-state index is 3.52. The number of hydrogen-bond acceptors (Lipinski definition) is 2. The predicted molar refractivity (Wildman–Crippen MR) is 78.7 cm³/mol. The Balaban J connectivity index is 0.00000144. The Morgan fingerprint density at radius 3 is 2.65 bits per heavy atom. The molecule has 1 saturated heterocycles. The van der Waals surface area contributed by atoms with Crippen LogP contribution in [0.4, 0.5) is 0 Å². The smallest absolute Gasteiger partial charge is 0.0234 e. The van der Waals surface area contributed by atoms with Crippen molar-refractivity contribution in [2.24, 2.45) is 0 Å². The van der Waals surface area contributed by atoms with Crippen LogP contribution in [0.2, 0.25) is 0 Å². The van der Waals surface area contributed by atoms with Crippen LogP contribution in [0, 0.1) is 0 Å². The monoisotopic (exact) mass is 318 g/mol. The molecule has 0 unspecified atom stereocenters. The van der Waals surface area contributed by atoms with Gasteiger partial charge in [0.25, 0.3) is 0 Å². The van der Waals surface area contributed by atoms with E-state index in [0.717, 1.165) is 12.6 Å². The van der Waals surface area contributed by atoms with Crippen LogP contribution in [0.25, 0.3) is 0 Å². The molecule has 0 amide bonds. The van der Waals surface area contributed by atoms with E-state index in [9.17, 15) is 0 Å². The van der Waals surface area contributed by atoms with Gasteiger partial charge in [0.05, 0.1) is 0 Å². The first-order valence-electron chi connectivity index (χ1n) is 5.92. The van der Waals surface area contributed by atoms with Gasteiger partial charge in [-0.15, -0.1) is 12.4 Å². The molecule has 1 aliphatic rings. The Morgan fingerprint density at radius 1 is 1.35 bits per heavy atom. The first-order chi connectivity index (χ1) is 7.78. The van der Waals surface area contributed by atoms with E-state index in [2.05, 4.69) is 57.5 Å². The minimum Gasteiger partial charge on any atom is -0.317 e. The van der Waals surface area contributed by atoms with Gasteiger partial charge in [-0.2, -0.15) is 0 Å². The van der Waals surface area contributed by atoms with Crippen molar-refractivity contribution in [2.45, 2.75) is 25.4 Å². The largest absolute Gasteiger partial charge is 0.317 e. The molecule has 0 atom stereocenters. The molecule has 0 radical (unpaired) electrons. The lowest BCUT2D eigenvalue weighted by molar-refractivity contribution is 0.194. The average Bonchev–Trinajstić information content (AvgIpc) is 2.30. The summed E-state index contributed by atoms with van der Waals surface area (Å²) in [6.07, 6.45) is 2.54. The quantitative estimate of drug-likeness (QED) is 0.921. The molecule has 2 rings (SSSR count). The second-order valence-electron chi connectivity index (χ2n) is 4.47. The summed E-state index contributed by atoms with van der Waals surface area (Å²) < 4.78 is 1.18. The molecule has 1 fully saturated rings. The SMILES string of the molecule is CNC1CCN(Cc2cccc(Br)c2)CC1.Cl. The number of rotatable bonds is 3. The van der Waals surface area contributed by atoms with Crippen molar-refractivity contribution < 1.29 is 0 Å². The molecule has 1 aliphatic heterocycles. The van der Waals surface area contributed by atoms with E-state index in [1.54, 1.807) is 0 Å². The fourth-order valence-corrected chi connectivity index (χ4v) is 2.72. The van der Waals surface area contributed by atoms with Gasteiger partial charge in [0.15, 0.2) is 0 Å². The van der Waals surface area contributed by atoms with Gasteiger partial charge in [-0.3, -0.25) is 4.90 Å². The highest BCUT2D eigenvalue weighted by atomic mass is 79.9. The minimum atomic E-state index is 0. The molecular weight excluding hydrogens is 300 g/mol. The summed E-state index contributed by atoms with van der Waals surface area (Å²) in [7, 11) is 2.06. The van der Waals surface area contributed by atoms with Gasteiger partial charge in [-0.1, -0.05) is 28.1 Å². The molecule has 0 aliphatic carbocycles. The number of benzene rings is 1. The van der Waals surface area contributed by atoms with Crippen LogP contribution in [0.5, 0.6) is 0 Å². The normalized spacial score (nSPS) is 17.8. The summed E-state index contributed by atoms with van der Waals surface area (Å²) in [6, 6.07) is 9.33. The highest BCUT2D eigenvalue weighted by molar-refractivity contribution is 9.10. The Bertz CT molecular complexity index is 338. The number of likely N-dealkylation sites (tertiary alicyclic amines) is 1.